The highest BCUT2D eigenvalue weighted by atomic mass is 32.1. The molecule has 20 heavy (non-hydrogen) atoms. The Labute approximate surface area is 121 Å². The third kappa shape index (κ3) is 1.78. The van der Waals surface area contributed by atoms with Gasteiger partial charge in [0.25, 0.3) is 5.91 Å². The third-order valence-electron chi connectivity index (χ3n) is 3.98. The fraction of sp³-hybridized carbons (Fsp3) is 0.429. The Morgan fingerprint density at radius 2 is 2.15 bits per heavy atom. The number of Topliss-reactive ketones (excluding diaryl/α,β-unsaturated/α-hetero) is 2. The van der Waals surface area contributed by atoms with Gasteiger partial charge in [0.05, 0.1) is 22.9 Å². The summed E-state index contributed by atoms with van der Waals surface area (Å²) in [6.07, 6.45) is 3.96. The molecule has 2 aliphatic rings. The normalized spacial score (nSPS) is 26.2. The van der Waals surface area contributed by atoms with Crippen LogP contribution in [0.15, 0.2) is 18.5 Å². The van der Waals surface area contributed by atoms with E-state index in [1.54, 1.807) is 13.0 Å². The average Bonchev–Trinajstić information content (AvgIpc) is 2.89. The molecule has 1 saturated heterocycles. The molecular weight excluding hydrogens is 276 g/mol. The topological polar surface area (TPSA) is 67.3 Å². The highest BCUT2D eigenvalue weighted by Crippen LogP contribution is 2.34. The fourth-order valence-corrected chi connectivity index (χ4v) is 3.18. The van der Waals surface area contributed by atoms with Gasteiger partial charge in [-0.1, -0.05) is 0 Å². The molecule has 1 aromatic heterocycles. The van der Waals surface area contributed by atoms with Crippen molar-refractivity contribution in [3.8, 4) is 0 Å². The van der Waals surface area contributed by atoms with Crippen molar-refractivity contribution < 1.29 is 14.4 Å². The van der Waals surface area contributed by atoms with Crippen LogP contribution in [0, 0.1) is 0 Å². The monoisotopic (exact) mass is 290 g/mol. The zero-order chi connectivity index (χ0) is 14.4. The van der Waals surface area contributed by atoms with Crippen molar-refractivity contribution in [1.82, 2.24) is 9.88 Å². The molecule has 0 aromatic carbocycles. The molecule has 6 heteroatoms. The van der Waals surface area contributed by atoms with Crippen LogP contribution in [0.3, 0.4) is 0 Å². The summed E-state index contributed by atoms with van der Waals surface area (Å²) in [6, 6.07) is 0.513. The molecule has 0 saturated carbocycles. The second kappa shape index (κ2) is 4.70. The van der Waals surface area contributed by atoms with Crippen molar-refractivity contribution >= 4 is 30.1 Å². The lowest BCUT2D eigenvalue weighted by molar-refractivity contribution is -0.122. The number of fused-ring (bicyclic) bond motifs is 2. The van der Waals surface area contributed by atoms with Gasteiger partial charge in [0.1, 0.15) is 0 Å². The molecular formula is C14H14N2O3S. The number of aromatic nitrogens is 1. The molecule has 5 nitrogen and oxygen atoms in total. The molecule has 0 radical (unpaired) electrons. The summed E-state index contributed by atoms with van der Waals surface area (Å²) in [5.74, 6) is -0.476. The minimum atomic E-state index is -0.544. The van der Waals surface area contributed by atoms with E-state index in [9.17, 15) is 14.4 Å². The lowest BCUT2D eigenvalue weighted by Gasteiger charge is -2.33. The van der Waals surface area contributed by atoms with Crippen LogP contribution in [0.4, 0.5) is 0 Å². The van der Waals surface area contributed by atoms with Gasteiger partial charge in [-0.15, -0.1) is 0 Å². The van der Waals surface area contributed by atoms with Gasteiger partial charge in [0, 0.05) is 18.0 Å². The Kier molecular flexibility index (Phi) is 3.12. The van der Waals surface area contributed by atoms with Crippen LogP contribution in [0.1, 0.15) is 40.5 Å². The first kappa shape index (κ1) is 13.3. The van der Waals surface area contributed by atoms with Gasteiger partial charge in [-0.2, -0.15) is 12.6 Å². The highest BCUT2D eigenvalue weighted by Gasteiger charge is 2.48. The van der Waals surface area contributed by atoms with Gasteiger partial charge < -0.3 is 4.90 Å². The first-order valence-electron chi connectivity index (χ1n) is 6.55. The Bertz CT molecular complexity index is 614. The molecule has 2 aliphatic heterocycles. The van der Waals surface area contributed by atoms with Crippen LogP contribution in [0.5, 0.6) is 0 Å². The van der Waals surface area contributed by atoms with E-state index in [1.807, 2.05) is 0 Å². The van der Waals surface area contributed by atoms with Crippen LogP contribution < -0.4 is 0 Å². The van der Waals surface area contributed by atoms with E-state index in [-0.39, 0.29) is 17.5 Å². The van der Waals surface area contributed by atoms with E-state index in [1.165, 1.54) is 17.3 Å². The zero-order valence-electron chi connectivity index (χ0n) is 10.9. The van der Waals surface area contributed by atoms with Crippen LogP contribution in [0.25, 0.3) is 0 Å². The van der Waals surface area contributed by atoms with Gasteiger partial charge in [-0.25, -0.2) is 0 Å². The lowest BCUT2D eigenvalue weighted by Crippen LogP contribution is -2.52. The zero-order valence-corrected chi connectivity index (χ0v) is 11.8. The molecule has 3 atom stereocenters. The average molecular weight is 290 g/mol. The Hall–Kier alpha value is -1.69. The van der Waals surface area contributed by atoms with E-state index >= 15 is 0 Å². The van der Waals surface area contributed by atoms with Crippen molar-refractivity contribution in [2.45, 2.75) is 37.1 Å². The summed E-state index contributed by atoms with van der Waals surface area (Å²) in [6.45, 7) is 1.69. The molecule has 104 valence electrons. The predicted octanol–water partition coefficient (Wildman–Crippen LogP) is 1.14. The minimum absolute atomic E-state index is 0.0934. The molecule has 3 rings (SSSR count). The summed E-state index contributed by atoms with van der Waals surface area (Å²) in [7, 11) is 0. The predicted molar refractivity (Wildman–Crippen MR) is 75.0 cm³/mol. The highest BCUT2D eigenvalue weighted by molar-refractivity contribution is 7.81. The van der Waals surface area contributed by atoms with Crippen molar-refractivity contribution in [2.24, 2.45) is 0 Å². The van der Waals surface area contributed by atoms with Crippen molar-refractivity contribution in [1.29, 1.82) is 0 Å². The first-order chi connectivity index (χ1) is 9.52. The molecule has 3 unspecified atom stereocenters. The van der Waals surface area contributed by atoms with Gasteiger partial charge in [-0.3, -0.25) is 19.4 Å². The molecule has 1 amide bonds. The number of hydrogen-bond donors (Lipinski definition) is 1. The van der Waals surface area contributed by atoms with Crippen molar-refractivity contribution in [3.63, 3.8) is 0 Å². The van der Waals surface area contributed by atoms with Crippen LogP contribution in [0.2, 0.25) is 0 Å². The smallest absolute Gasteiger partial charge is 0.257 e. The maximum atomic E-state index is 12.5. The number of amides is 1. The van der Waals surface area contributed by atoms with E-state index in [0.717, 1.165) is 0 Å². The standard InChI is InChI=1S/C14H14N2O3S/c1-7(20)12(17)10-2-3-11-13(18)8-4-5-15-6-9(8)14(19)16(10)11/h4-7,10-11,20H,2-3H2,1H3. The molecule has 3 heterocycles. The van der Waals surface area contributed by atoms with Gasteiger partial charge >= 0.3 is 0 Å². The number of pyridine rings is 1. The summed E-state index contributed by atoms with van der Waals surface area (Å²) in [4.78, 5) is 42.5. The van der Waals surface area contributed by atoms with E-state index in [0.29, 0.717) is 24.0 Å². The van der Waals surface area contributed by atoms with Crippen molar-refractivity contribution in [3.05, 3.63) is 29.6 Å². The van der Waals surface area contributed by atoms with Gasteiger partial charge in [0.2, 0.25) is 0 Å². The number of hydrogen-bond acceptors (Lipinski definition) is 5. The van der Waals surface area contributed by atoms with Crippen LogP contribution in [-0.2, 0) is 4.79 Å². The van der Waals surface area contributed by atoms with E-state index in [4.69, 9.17) is 0 Å². The molecule has 0 bridgehead atoms. The number of rotatable bonds is 2. The van der Waals surface area contributed by atoms with Crippen LogP contribution >= 0.6 is 12.6 Å². The largest absolute Gasteiger partial charge is 0.318 e. The first-order valence-corrected chi connectivity index (χ1v) is 7.06. The Morgan fingerprint density at radius 1 is 1.40 bits per heavy atom. The molecule has 0 aliphatic carbocycles. The molecule has 0 N–H and O–H groups in total. The minimum Gasteiger partial charge on any atom is -0.318 e. The summed E-state index contributed by atoms with van der Waals surface area (Å²) >= 11 is 4.15. The number of ketones is 2. The summed E-state index contributed by atoms with van der Waals surface area (Å²) in [5.41, 5.74) is 0.707. The maximum absolute atomic E-state index is 12.5. The Morgan fingerprint density at radius 3 is 2.85 bits per heavy atom. The number of thiol groups is 1. The summed E-state index contributed by atoms with van der Waals surface area (Å²) in [5, 5.41) is -0.447. The quantitative estimate of drug-likeness (QED) is 0.829. The third-order valence-corrected chi connectivity index (χ3v) is 4.23. The number of carbonyl (C=O) groups is 3. The number of nitrogens with zero attached hydrogens (tertiary/aromatic N) is 2. The molecule has 1 aromatic rings. The van der Waals surface area contributed by atoms with Gasteiger partial charge in [0.15, 0.2) is 11.6 Å². The van der Waals surface area contributed by atoms with Crippen LogP contribution in [-0.4, -0.2) is 44.7 Å². The SMILES string of the molecule is CC(S)C(=O)C1CCC2C(=O)c3ccncc3C(=O)N21. The summed E-state index contributed by atoms with van der Waals surface area (Å²) < 4.78 is 0. The van der Waals surface area contributed by atoms with E-state index < -0.39 is 17.3 Å². The van der Waals surface area contributed by atoms with Crippen molar-refractivity contribution in [2.75, 3.05) is 0 Å². The second-order valence-electron chi connectivity index (χ2n) is 5.19. The van der Waals surface area contributed by atoms with E-state index in [2.05, 4.69) is 17.6 Å². The number of carbonyl (C=O) groups excluding carboxylic acids is 3. The maximum Gasteiger partial charge on any atom is 0.257 e. The Balaban J connectivity index is 2.04. The lowest BCUT2D eigenvalue weighted by atomic mass is 9.94. The van der Waals surface area contributed by atoms with Gasteiger partial charge in [-0.05, 0) is 25.8 Å². The second-order valence-corrected chi connectivity index (χ2v) is 5.96. The molecule has 0 spiro atoms. The molecule has 1 fully saturated rings. The fourth-order valence-electron chi connectivity index (χ4n) is 3.01.